The first-order chi connectivity index (χ1) is 10.1. The summed E-state index contributed by atoms with van der Waals surface area (Å²) < 4.78 is 0.839. The molecule has 0 saturated carbocycles. The quantitative estimate of drug-likeness (QED) is 0.742. The van der Waals surface area contributed by atoms with Gasteiger partial charge < -0.3 is 4.90 Å². The highest BCUT2D eigenvalue weighted by Crippen LogP contribution is 2.19. The molecule has 0 aliphatic carbocycles. The van der Waals surface area contributed by atoms with Crippen molar-refractivity contribution in [1.29, 1.82) is 0 Å². The van der Waals surface area contributed by atoms with E-state index in [1.165, 1.54) is 0 Å². The number of hydrogen-bond acceptors (Lipinski definition) is 4. The zero-order valence-corrected chi connectivity index (χ0v) is 14.4. The molecule has 0 spiro atoms. The number of aromatic nitrogens is 3. The maximum Gasteiger partial charge on any atom is 0.133 e. The molecule has 0 fully saturated rings. The SMILES string of the molecule is CCCc1nc(Br)cc(N(CC)Cc2cccc(C)n2)n1. The molecule has 2 aromatic rings. The third-order valence-electron chi connectivity index (χ3n) is 3.21. The first-order valence-electron chi connectivity index (χ1n) is 7.33. The lowest BCUT2D eigenvalue weighted by atomic mass is 10.3. The molecule has 2 rings (SSSR count). The molecule has 0 aliphatic heterocycles. The fourth-order valence-corrected chi connectivity index (χ4v) is 2.60. The third kappa shape index (κ3) is 4.49. The number of nitrogens with zero attached hydrogens (tertiary/aromatic N) is 4. The standard InChI is InChI=1S/C16H21BrN4/c1-4-7-15-19-14(17)10-16(20-15)21(5-2)11-13-9-6-8-12(3)18-13/h6,8-10H,4-5,7,11H2,1-3H3. The second-order valence-electron chi connectivity index (χ2n) is 5.00. The first-order valence-corrected chi connectivity index (χ1v) is 8.12. The smallest absolute Gasteiger partial charge is 0.133 e. The summed E-state index contributed by atoms with van der Waals surface area (Å²) in [6, 6.07) is 8.08. The van der Waals surface area contributed by atoms with E-state index in [1.54, 1.807) is 0 Å². The number of hydrogen-bond donors (Lipinski definition) is 0. The summed E-state index contributed by atoms with van der Waals surface area (Å²) in [6.07, 6.45) is 1.94. The van der Waals surface area contributed by atoms with Crippen molar-refractivity contribution in [2.45, 2.75) is 40.2 Å². The van der Waals surface area contributed by atoms with Crippen LogP contribution in [0.4, 0.5) is 5.82 Å². The van der Waals surface area contributed by atoms with Crippen molar-refractivity contribution in [3.63, 3.8) is 0 Å². The second kappa shape index (κ2) is 7.50. The lowest BCUT2D eigenvalue weighted by molar-refractivity contribution is 0.763. The van der Waals surface area contributed by atoms with Crippen LogP contribution < -0.4 is 4.90 Å². The summed E-state index contributed by atoms with van der Waals surface area (Å²) in [5, 5.41) is 0. The Morgan fingerprint density at radius 3 is 2.62 bits per heavy atom. The van der Waals surface area contributed by atoms with E-state index in [-0.39, 0.29) is 0 Å². The van der Waals surface area contributed by atoms with Crippen molar-refractivity contribution < 1.29 is 0 Å². The molecule has 0 amide bonds. The molecule has 4 nitrogen and oxygen atoms in total. The van der Waals surface area contributed by atoms with Crippen LogP contribution >= 0.6 is 15.9 Å². The van der Waals surface area contributed by atoms with Crippen molar-refractivity contribution in [2.75, 3.05) is 11.4 Å². The minimum absolute atomic E-state index is 0.757. The predicted octanol–water partition coefficient (Wildman–Crippen LogP) is 3.92. The van der Waals surface area contributed by atoms with E-state index in [0.29, 0.717) is 0 Å². The van der Waals surface area contributed by atoms with Crippen LogP contribution in [0.15, 0.2) is 28.9 Å². The number of aryl methyl sites for hydroxylation is 2. The van der Waals surface area contributed by atoms with Crippen molar-refractivity contribution in [3.05, 3.63) is 46.1 Å². The third-order valence-corrected chi connectivity index (χ3v) is 3.61. The van der Waals surface area contributed by atoms with Gasteiger partial charge in [0, 0.05) is 24.7 Å². The molecule has 0 radical (unpaired) electrons. The van der Waals surface area contributed by atoms with Crippen LogP contribution in [0.1, 0.15) is 37.5 Å². The first kappa shape index (κ1) is 15.9. The molecule has 5 heteroatoms. The van der Waals surface area contributed by atoms with Gasteiger partial charge in [-0.1, -0.05) is 13.0 Å². The molecule has 21 heavy (non-hydrogen) atoms. The van der Waals surface area contributed by atoms with E-state index in [9.17, 15) is 0 Å². The van der Waals surface area contributed by atoms with Crippen LogP contribution in [0.2, 0.25) is 0 Å². The Hall–Kier alpha value is -1.49. The molecule has 0 unspecified atom stereocenters. The van der Waals surface area contributed by atoms with Crippen molar-refractivity contribution in [3.8, 4) is 0 Å². The molecule has 0 aliphatic rings. The normalized spacial score (nSPS) is 10.7. The molecule has 0 saturated heterocycles. The zero-order valence-electron chi connectivity index (χ0n) is 12.8. The molecular weight excluding hydrogens is 328 g/mol. The van der Waals surface area contributed by atoms with Crippen molar-refractivity contribution in [2.24, 2.45) is 0 Å². The van der Waals surface area contributed by atoms with Crippen LogP contribution in [0.25, 0.3) is 0 Å². The Morgan fingerprint density at radius 2 is 1.95 bits per heavy atom. The van der Waals surface area contributed by atoms with Crippen LogP contribution in [0.5, 0.6) is 0 Å². The summed E-state index contributed by atoms with van der Waals surface area (Å²) in [4.78, 5) is 15.9. The van der Waals surface area contributed by atoms with E-state index in [4.69, 9.17) is 0 Å². The zero-order chi connectivity index (χ0) is 15.2. The average molecular weight is 349 g/mol. The monoisotopic (exact) mass is 348 g/mol. The fraction of sp³-hybridized carbons (Fsp3) is 0.438. The summed E-state index contributed by atoms with van der Waals surface area (Å²) in [7, 11) is 0. The summed E-state index contributed by atoms with van der Waals surface area (Å²) in [6.45, 7) is 7.92. The Labute approximate surface area is 134 Å². The van der Waals surface area contributed by atoms with E-state index < -0.39 is 0 Å². The van der Waals surface area contributed by atoms with Gasteiger partial charge in [0.25, 0.3) is 0 Å². The van der Waals surface area contributed by atoms with Crippen LogP contribution in [0, 0.1) is 6.92 Å². The van der Waals surface area contributed by atoms with Gasteiger partial charge in [0.05, 0.1) is 12.2 Å². The lowest BCUT2D eigenvalue weighted by Gasteiger charge is -2.22. The number of rotatable bonds is 6. The van der Waals surface area contributed by atoms with Gasteiger partial charge in [0.1, 0.15) is 16.2 Å². The molecule has 0 aromatic carbocycles. The number of anilines is 1. The molecule has 0 N–H and O–H groups in total. The Kier molecular flexibility index (Phi) is 5.67. The van der Waals surface area contributed by atoms with Gasteiger partial charge in [-0.2, -0.15) is 0 Å². The summed E-state index contributed by atoms with van der Waals surface area (Å²) in [5.74, 6) is 1.84. The number of pyridine rings is 1. The van der Waals surface area contributed by atoms with Gasteiger partial charge in [0.2, 0.25) is 0 Å². The molecule has 2 aromatic heterocycles. The van der Waals surface area contributed by atoms with Gasteiger partial charge in [-0.15, -0.1) is 0 Å². The predicted molar refractivity (Wildman–Crippen MR) is 89.4 cm³/mol. The number of halogens is 1. The second-order valence-corrected chi connectivity index (χ2v) is 5.81. The van der Waals surface area contributed by atoms with Crippen LogP contribution in [0.3, 0.4) is 0 Å². The molecule has 112 valence electrons. The van der Waals surface area contributed by atoms with E-state index in [1.807, 2.05) is 25.1 Å². The maximum atomic E-state index is 4.67. The van der Waals surface area contributed by atoms with Gasteiger partial charge in [-0.3, -0.25) is 4.98 Å². The van der Waals surface area contributed by atoms with E-state index in [0.717, 1.165) is 53.6 Å². The fourth-order valence-electron chi connectivity index (χ4n) is 2.19. The minimum Gasteiger partial charge on any atom is -0.351 e. The highest BCUT2D eigenvalue weighted by atomic mass is 79.9. The molecule has 2 heterocycles. The van der Waals surface area contributed by atoms with Gasteiger partial charge in [-0.05, 0) is 48.3 Å². The average Bonchev–Trinajstić information content (AvgIpc) is 2.44. The Morgan fingerprint density at radius 1 is 1.14 bits per heavy atom. The highest BCUT2D eigenvalue weighted by molar-refractivity contribution is 9.10. The Balaban J connectivity index is 2.24. The van der Waals surface area contributed by atoms with Crippen LogP contribution in [-0.2, 0) is 13.0 Å². The van der Waals surface area contributed by atoms with Crippen molar-refractivity contribution in [1.82, 2.24) is 15.0 Å². The summed E-state index contributed by atoms with van der Waals surface area (Å²) >= 11 is 3.48. The minimum atomic E-state index is 0.757. The van der Waals surface area contributed by atoms with Gasteiger partial charge in [-0.25, -0.2) is 9.97 Å². The molecule has 0 bridgehead atoms. The molecular formula is C16H21BrN4. The van der Waals surface area contributed by atoms with E-state index >= 15 is 0 Å². The topological polar surface area (TPSA) is 41.9 Å². The molecule has 0 atom stereocenters. The largest absolute Gasteiger partial charge is 0.351 e. The van der Waals surface area contributed by atoms with Crippen LogP contribution in [-0.4, -0.2) is 21.5 Å². The Bertz CT molecular complexity index is 601. The van der Waals surface area contributed by atoms with Crippen molar-refractivity contribution >= 4 is 21.7 Å². The van der Waals surface area contributed by atoms with E-state index in [2.05, 4.69) is 55.7 Å². The summed E-state index contributed by atoms with van der Waals surface area (Å²) in [5.41, 5.74) is 2.10. The van der Waals surface area contributed by atoms with Gasteiger partial charge >= 0.3 is 0 Å². The maximum absolute atomic E-state index is 4.67. The van der Waals surface area contributed by atoms with Gasteiger partial charge in [0.15, 0.2) is 0 Å². The lowest BCUT2D eigenvalue weighted by Crippen LogP contribution is -2.24. The highest BCUT2D eigenvalue weighted by Gasteiger charge is 2.11.